The number of fused-ring (bicyclic) bond motifs is 1. The molecule has 0 atom stereocenters. The minimum atomic E-state index is -1.27. The second-order valence-corrected chi connectivity index (χ2v) is 7.36. The Labute approximate surface area is 150 Å². The lowest BCUT2D eigenvalue weighted by Crippen LogP contribution is -2.45. The number of carbonyl (C=O) groups is 1. The lowest BCUT2D eigenvalue weighted by Gasteiger charge is -2.35. The van der Waals surface area contributed by atoms with Crippen LogP contribution in [0.5, 0.6) is 0 Å². The van der Waals surface area contributed by atoms with Gasteiger partial charge in [0.05, 0.1) is 17.4 Å². The number of likely N-dealkylation sites (N-methyl/N-ethyl adjacent to an activating group) is 1. The second-order valence-electron chi connectivity index (χ2n) is 7.36. The number of pyridine rings is 2. The summed E-state index contributed by atoms with van der Waals surface area (Å²) < 4.78 is 16.2. The maximum Gasteiger partial charge on any atom is 0.341 e. The van der Waals surface area contributed by atoms with E-state index in [4.69, 9.17) is 0 Å². The molecule has 7 heteroatoms. The Kier molecular flexibility index (Phi) is 3.99. The molecule has 138 valence electrons. The average molecular weight is 359 g/mol. The van der Waals surface area contributed by atoms with Crippen molar-refractivity contribution in [3.8, 4) is 0 Å². The summed E-state index contributed by atoms with van der Waals surface area (Å²) in [5, 5.41) is 9.35. The van der Waals surface area contributed by atoms with Gasteiger partial charge in [0.15, 0.2) is 5.82 Å². The molecule has 26 heavy (non-hydrogen) atoms. The maximum atomic E-state index is 15.0. The van der Waals surface area contributed by atoms with Crippen LogP contribution in [0.3, 0.4) is 0 Å². The van der Waals surface area contributed by atoms with E-state index >= 15 is 0 Å². The predicted molar refractivity (Wildman–Crippen MR) is 97.0 cm³/mol. The van der Waals surface area contributed by atoms with E-state index in [9.17, 15) is 19.1 Å². The largest absolute Gasteiger partial charge is 0.477 e. The maximum absolute atomic E-state index is 15.0. The lowest BCUT2D eigenvalue weighted by molar-refractivity contribution is 0.0694. The van der Waals surface area contributed by atoms with Gasteiger partial charge in [-0.15, -0.1) is 0 Å². The smallest absolute Gasteiger partial charge is 0.341 e. The van der Waals surface area contributed by atoms with E-state index in [2.05, 4.69) is 4.90 Å². The highest BCUT2D eigenvalue weighted by atomic mass is 19.1. The Morgan fingerprint density at radius 3 is 2.46 bits per heavy atom. The minimum Gasteiger partial charge on any atom is -0.477 e. The van der Waals surface area contributed by atoms with Gasteiger partial charge in [-0.05, 0) is 49.9 Å². The highest BCUT2D eigenvalue weighted by Gasteiger charge is 2.31. The van der Waals surface area contributed by atoms with Gasteiger partial charge in [-0.1, -0.05) is 0 Å². The van der Waals surface area contributed by atoms with E-state index in [0.717, 1.165) is 50.8 Å². The molecule has 4 rings (SSSR count). The zero-order valence-corrected chi connectivity index (χ0v) is 15.0. The van der Waals surface area contributed by atoms with E-state index in [0.29, 0.717) is 16.8 Å². The number of nitrogens with zero attached hydrogens (tertiary/aromatic N) is 3. The molecule has 1 saturated carbocycles. The number of hydrogen-bond donors (Lipinski definition) is 1. The van der Waals surface area contributed by atoms with Crippen LogP contribution in [-0.2, 0) is 0 Å². The van der Waals surface area contributed by atoms with Crippen LogP contribution in [0.1, 0.15) is 40.2 Å². The van der Waals surface area contributed by atoms with E-state index in [1.54, 1.807) is 0 Å². The molecule has 1 N–H and O–H groups in total. The van der Waals surface area contributed by atoms with Crippen LogP contribution in [-0.4, -0.2) is 53.6 Å². The number of aromatic carboxylic acids is 1. The molecule has 2 fully saturated rings. The molecule has 2 aromatic heterocycles. The molecule has 2 aliphatic rings. The number of carboxylic acid groups (broad SMARTS) is 1. The third-order valence-electron chi connectivity index (χ3n) is 5.51. The normalized spacial score (nSPS) is 18.5. The number of halogens is 1. The van der Waals surface area contributed by atoms with E-state index in [1.165, 1.54) is 10.5 Å². The van der Waals surface area contributed by atoms with Crippen LogP contribution in [0.2, 0.25) is 0 Å². The molecule has 1 saturated heterocycles. The van der Waals surface area contributed by atoms with Crippen LogP contribution in [0, 0.1) is 12.7 Å². The zero-order chi connectivity index (χ0) is 18.6. The summed E-state index contributed by atoms with van der Waals surface area (Å²) in [6, 6.07) is 1.50. The summed E-state index contributed by atoms with van der Waals surface area (Å²) >= 11 is 0. The molecule has 0 radical (unpaired) electrons. The van der Waals surface area contributed by atoms with Gasteiger partial charge in [-0.25, -0.2) is 9.18 Å². The third-order valence-corrected chi connectivity index (χ3v) is 5.51. The molecule has 3 heterocycles. The van der Waals surface area contributed by atoms with Crippen molar-refractivity contribution in [1.29, 1.82) is 0 Å². The van der Waals surface area contributed by atoms with Crippen molar-refractivity contribution in [2.24, 2.45) is 0 Å². The van der Waals surface area contributed by atoms with Crippen molar-refractivity contribution >= 4 is 17.2 Å². The van der Waals surface area contributed by atoms with Gasteiger partial charge >= 0.3 is 5.97 Å². The van der Waals surface area contributed by atoms with Gasteiger partial charge in [0.25, 0.3) is 5.56 Å². The molecule has 0 aromatic carbocycles. The first-order valence-electron chi connectivity index (χ1n) is 8.93. The van der Waals surface area contributed by atoms with Crippen molar-refractivity contribution in [2.45, 2.75) is 25.7 Å². The molecule has 0 spiro atoms. The number of aromatic nitrogens is 1. The van der Waals surface area contributed by atoms with Crippen molar-refractivity contribution in [3.05, 3.63) is 45.1 Å². The molecule has 0 amide bonds. The van der Waals surface area contributed by atoms with Gasteiger partial charge in [0.2, 0.25) is 0 Å². The number of rotatable bonds is 3. The third kappa shape index (κ3) is 2.67. The van der Waals surface area contributed by atoms with Crippen molar-refractivity contribution in [2.75, 3.05) is 38.1 Å². The quantitative estimate of drug-likeness (QED) is 0.909. The first kappa shape index (κ1) is 17.0. The van der Waals surface area contributed by atoms with Gasteiger partial charge < -0.3 is 14.9 Å². The van der Waals surface area contributed by atoms with Crippen molar-refractivity contribution < 1.29 is 14.3 Å². The first-order chi connectivity index (χ1) is 12.4. The number of hydrogen-bond acceptors (Lipinski definition) is 4. The van der Waals surface area contributed by atoms with Crippen LogP contribution in [0.15, 0.2) is 17.1 Å². The zero-order valence-electron chi connectivity index (χ0n) is 15.0. The van der Waals surface area contributed by atoms with Crippen molar-refractivity contribution in [1.82, 2.24) is 9.30 Å². The van der Waals surface area contributed by atoms with Gasteiger partial charge in [-0.2, -0.15) is 0 Å². The van der Waals surface area contributed by atoms with E-state index in [1.807, 2.05) is 18.9 Å². The van der Waals surface area contributed by atoms with Gasteiger partial charge in [0.1, 0.15) is 5.56 Å². The van der Waals surface area contributed by atoms with E-state index < -0.39 is 17.3 Å². The fraction of sp³-hybridized carbons (Fsp3) is 0.474. The van der Waals surface area contributed by atoms with Crippen LogP contribution in [0.25, 0.3) is 5.52 Å². The highest BCUT2D eigenvalue weighted by molar-refractivity contribution is 5.89. The second kappa shape index (κ2) is 6.09. The number of anilines is 1. The lowest BCUT2D eigenvalue weighted by atomic mass is 10.0. The first-order valence-corrected chi connectivity index (χ1v) is 8.93. The summed E-state index contributed by atoms with van der Waals surface area (Å²) in [7, 11) is 2.04. The van der Waals surface area contributed by atoms with Crippen LogP contribution in [0.4, 0.5) is 10.1 Å². The topological polar surface area (TPSA) is 65.3 Å². The molecule has 0 bridgehead atoms. The summed E-state index contributed by atoms with van der Waals surface area (Å²) in [6.45, 7) is 4.98. The Bertz CT molecular complexity index is 957. The molecular weight excluding hydrogens is 337 g/mol. The predicted octanol–water partition coefficient (Wildman–Crippen LogP) is 2.07. The Hall–Kier alpha value is -2.41. The fourth-order valence-electron chi connectivity index (χ4n) is 3.92. The molecule has 2 aromatic rings. The van der Waals surface area contributed by atoms with Crippen LogP contribution >= 0.6 is 0 Å². The van der Waals surface area contributed by atoms with Gasteiger partial charge in [0, 0.05) is 26.2 Å². The summed E-state index contributed by atoms with van der Waals surface area (Å²) in [5.74, 6) is -1.51. The minimum absolute atomic E-state index is 0.244. The van der Waals surface area contributed by atoms with Crippen molar-refractivity contribution in [3.63, 3.8) is 0 Å². The highest BCUT2D eigenvalue weighted by Crippen LogP contribution is 2.43. The van der Waals surface area contributed by atoms with E-state index in [-0.39, 0.29) is 11.5 Å². The summed E-state index contributed by atoms with van der Waals surface area (Å²) in [6.07, 6.45) is 3.10. The number of aryl methyl sites for hydroxylation is 1. The molecule has 0 unspecified atom stereocenters. The Morgan fingerprint density at radius 1 is 1.23 bits per heavy atom. The Balaban J connectivity index is 1.97. The molecular formula is C19H22FN3O3. The summed E-state index contributed by atoms with van der Waals surface area (Å²) in [4.78, 5) is 28.3. The standard InChI is InChI=1S/C19H22FN3O3/c1-11-16-13(12-3-4-12)9-14(19(25)26)18(24)23(16)10-15(20)17(11)22-7-5-21(2)6-8-22/h9-10,12H,3-8H2,1-2H3,(H,25,26). The van der Waals surface area contributed by atoms with Gasteiger partial charge in [-0.3, -0.25) is 9.20 Å². The SMILES string of the molecule is Cc1c(N2CCN(C)CC2)c(F)cn2c(=O)c(C(=O)O)cc(C3CC3)c12. The Morgan fingerprint density at radius 2 is 1.88 bits per heavy atom. The molecule has 6 nitrogen and oxygen atoms in total. The monoisotopic (exact) mass is 359 g/mol. The molecule has 1 aliphatic carbocycles. The number of piperazine rings is 1. The molecule has 1 aliphatic heterocycles. The van der Waals surface area contributed by atoms with Crippen LogP contribution < -0.4 is 10.5 Å². The average Bonchev–Trinajstić information content (AvgIpc) is 3.42. The summed E-state index contributed by atoms with van der Waals surface area (Å²) in [5.41, 5.74) is 1.78. The number of carboxylic acids is 1. The fourth-order valence-corrected chi connectivity index (χ4v) is 3.92.